The Hall–Kier alpha value is -2.57. The molecule has 0 bridgehead atoms. The van der Waals surface area contributed by atoms with E-state index in [1.165, 1.54) is 0 Å². The van der Waals surface area contributed by atoms with E-state index >= 15 is 0 Å². The van der Waals surface area contributed by atoms with Crippen molar-refractivity contribution in [2.45, 2.75) is 32.7 Å². The molecule has 0 saturated carbocycles. The number of ether oxygens (including phenoxy) is 1. The van der Waals surface area contributed by atoms with Gasteiger partial charge in [-0.05, 0) is 37.0 Å². The zero-order valence-electron chi connectivity index (χ0n) is 14.5. The lowest BCUT2D eigenvalue weighted by atomic mass is 10.1. The van der Waals surface area contributed by atoms with Gasteiger partial charge in [0.2, 0.25) is 5.91 Å². The zero-order valence-corrected chi connectivity index (χ0v) is 14.5. The summed E-state index contributed by atoms with van der Waals surface area (Å²) in [6.07, 6.45) is 1.83. The third-order valence-corrected chi connectivity index (χ3v) is 4.40. The lowest BCUT2D eigenvalue weighted by Crippen LogP contribution is -2.43. The fourth-order valence-corrected chi connectivity index (χ4v) is 3.14. The molecule has 2 amide bonds. The molecular weight excluding hydrogens is 322 g/mol. The lowest BCUT2D eigenvalue weighted by molar-refractivity contribution is -0.124. The molecular formula is C18H23N3O4. The Morgan fingerprint density at radius 1 is 1.40 bits per heavy atom. The second-order valence-corrected chi connectivity index (χ2v) is 6.85. The van der Waals surface area contributed by atoms with Gasteiger partial charge in [0.15, 0.2) is 6.61 Å². The maximum atomic E-state index is 12.2. The number of rotatable bonds is 5. The summed E-state index contributed by atoms with van der Waals surface area (Å²) in [5.41, 5.74) is 1.85. The first-order valence-corrected chi connectivity index (χ1v) is 8.61. The molecule has 0 radical (unpaired) electrons. The summed E-state index contributed by atoms with van der Waals surface area (Å²) >= 11 is 0. The summed E-state index contributed by atoms with van der Waals surface area (Å²) in [7, 11) is 0. The van der Waals surface area contributed by atoms with Gasteiger partial charge in [-0.3, -0.25) is 9.59 Å². The zero-order chi connectivity index (χ0) is 18.0. The molecule has 2 heterocycles. The first kappa shape index (κ1) is 17.3. The van der Waals surface area contributed by atoms with E-state index in [-0.39, 0.29) is 24.5 Å². The van der Waals surface area contributed by atoms with E-state index in [9.17, 15) is 14.4 Å². The minimum atomic E-state index is -0.583. The molecule has 2 N–H and O–H groups in total. The van der Waals surface area contributed by atoms with Gasteiger partial charge in [0.1, 0.15) is 6.04 Å². The van der Waals surface area contributed by atoms with Crippen molar-refractivity contribution in [3.8, 4) is 0 Å². The van der Waals surface area contributed by atoms with E-state index in [0.717, 1.165) is 25.1 Å². The van der Waals surface area contributed by atoms with Crippen LogP contribution < -0.4 is 15.5 Å². The molecule has 1 atom stereocenters. The van der Waals surface area contributed by atoms with Crippen LogP contribution in [0.3, 0.4) is 0 Å². The van der Waals surface area contributed by atoms with Gasteiger partial charge in [0, 0.05) is 13.1 Å². The van der Waals surface area contributed by atoms with Crippen molar-refractivity contribution >= 4 is 29.2 Å². The van der Waals surface area contributed by atoms with Crippen molar-refractivity contribution in [1.29, 1.82) is 0 Å². The minimum absolute atomic E-state index is 0.0384. The summed E-state index contributed by atoms with van der Waals surface area (Å²) < 4.78 is 5.05. The maximum Gasteiger partial charge on any atom is 0.338 e. The number of benzene rings is 1. The van der Waals surface area contributed by atoms with Crippen molar-refractivity contribution in [1.82, 2.24) is 5.32 Å². The summed E-state index contributed by atoms with van der Waals surface area (Å²) in [6, 6.07) is 4.98. The summed E-state index contributed by atoms with van der Waals surface area (Å²) in [5.74, 6) is -0.615. The Balaban J connectivity index is 1.64. The summed E-state index contributed by atoms with van der Waals surface area (Å²) in [5, 5.41) is 5.55. The number of carbonyl (C=O) groups excluding carboxylic acids is 3. The quantitative estimate of drug-likeness (QED) is 0.791. The Labute approximate surface area is 146 Å². The second kappa shape index (κ2) is 7.13. The smallest absolute Gasteiger partial charge is 0.338 e. The molecule has 0 aliphatic carbocycles. The third kappa shape index (κ3) is 3.75. The standard InChI is InChI=1S/C18H23N3O4/c1-11(2)9-19-16(22)10-25-18(24)12-5-6-14-13(8-12)20-17(23)15-4-3-7-21(14)15/h5-6,8,11,15H,3-4,7,9-10H2,1-2H3,(H,19,22)(H,20,23)/t15-/m1/s1. The van der Waals surface area contributed by atoms with E-state index in [1.54, 1.807) is 12.1 Å². The Kier molecular flexibility index (Phi) is 4.92. The minimum Gasteiger partial charge on any atom is -0.452 e. The van der Waals surface area contributed by atoms with Crippen LogP contribution in [0, 0.1) is 5.92 Å². The molecule has 0 unspecified atom stereocenters. The largest absolute Gasteiger partial charge is 0.452 e. The number of hydrogen-bond acceptors (Lipinski definition) is 5. The second-order valence-electron chi connectivity index (χ2n) is 6.85. The van der Waals surface area contributed by atoms with Crippen molar-refractivity contribution in [2.24, 2.45) is 5.92 Å². The van der Waals surface area contributed by atoms with Crippen LogP contribution in [0.25, 0.3) is 0 Å². The van der Waals surface area contributed by atoms with Crippen LogP contribution in [0.5, 0.6) is 0 Å². The number of nitrogens with one attached hydrogen (secondary N) is 2. The molecule has 1 saturated heterocycles. The molecule has 2 aliphatic rings. The highest BCUT2D eigenvalue weighted by Crippen LogP contribution is 2.37. The van der Waals surface area contributed by atoms with Gasteiger partial charge < -0.3 is 20.3 Å². The van der Waals surface area contributed by atoms with Crippen molar-refractivity contribution in [3.05, 3.63) is 23.8 Å². The highest BCUT2D eigenvalue weighted by Gasteiger charge is 2.36. The van der Waals surface area contributed by atoms with Crippen LogP contribution in [-0.2, 0) is 14.3 Å². The predicted octanol–water partition coefficient (Wildman–Crippen LogP) is 1.54. The molecule has 3 rings (SSSR count). The SMILES string of the molecule is CC(C)CNC(=O)COC(=O)c1ccc2c(c1)NC(=O)[C@H]1CCCN21. The van der Waals surface area contributed by atoms with Crippen molar-refractivity contribution < 1.29 is 19.1 Å². The predicted molar refractivity (Wildman–Crippen MR) is 93.6 cm³/mol. The van der Waals surface area contributed by atoms with Gasteiger partial charge in [-0.2, -0.15) is 0 Å². The number of esters is 1. The number of carbonyl (C=O) groups is 3. The van der Waals surface area contributed by atoms with Gasteiger partial charge in [0.05, 0.1) is 16.9 Å². The van der Waals surface area contributed by atoms with Gasteiger partial charge >= 0.3 is 5.97 Å². The molecule has 2 aliphatic heterocycles. The monoisotopic (exact) mass is 345 g/mol. The maximum absolute atomic E-state index is 12.2. The van der Waals surface area contributed by atoms with Crippen LogP contribution in [0.4, 0.5) is 11.4 Å². The lowest BCUT2D eigenvalue weighted by Gasteiger charge is -2.33. The molecule has 0 aromatic heterocycles. The number of fused-ring (bicyclic) bond motifs is 3. The van der Waals surface area contributed by atoms with Crippen LogP contribution in [0.15, 0.2) is 18.2 Å². The Morgan fingerprint density at radius 3 is 2.96 bits per heavy atom. The Morgan fingerprint density at radius 2 is 2.20 bits per heavy atom. The fourth-order valence-electron chi connectivity index (χ4n) is 3.14. The molecule has 1 aromatic rings. The molecule has 1 aromatic carbocycles. The molecule has 134 valence electrons. The van der Waals surface area contributed by atoms with Gasteiger partial charge in [-0.25, -0.2) is 4.79 Å². The molecule has 0 spiro atoms. The Bertz CT molecular complexity index is 702. The summed E-state index contributed by atoms with van der Waals surface area (Å²) in [6.45, 7) is 5.03. The van der Waals surface area contributed by atoms with Crippen LogP contribution in [0.1, 0.15) is 37.0 Å². The summed E-state index contributed by atoms with van der Waals surface area (Å²) in [4.78, 5) is 38.0. The highest BCUT2D eigenvalue weighted by molar-refractivity contribution is 6.05. The fraction of sp³-hybridized carbons (Fsp3) is 0.500. The average Bonchev–Trinajstić information content (AvgIpc) is 3.08. The third-order valence-electron chi connectivity index (χ3n) is 4.40. The van der Waals surface area contributed by atoms with E-state index in [4.69, 9.17) is 4.74 Å². The molecule has 25 heavy (non-hydrogen) atoms. The van der Waals surface area contributed by atoms with Crippen LogP contribution >= 0.6 is 0 Å². The van der Waals surface area contributed by atoms with E-state index < -0.39 is 5.97 Å². The van der Waals surface area contributed by atoms with E-state index in [2.05, 4.69) is 15.5 Å². The van der Waals surface area contributed by atoms with Crippen LogP contribution in [0.2, 0.25) is 0 Å². The topological polar surface area (TPSA) is 87.7 Å². The number of nitrogens with zero attached hydrogens (tertiary/aromatic N) is 1. The highest BCUT2D eigenvalue weighted by atomic mass is 16.5. The van der Waals surface area contributed by atoms with E-state index in [1.807, 2.05) is 19.9 Å². The van der Waals surface area contributed by atoms with Gasteiger partial charge in [-0.1, -0.05) is 13.8 Å². The van der Waals surface area contributed by atoms with Gasteiger partial charge in [-0.15, -0.1) is 0 Å². The van der Waals surface area contributed by atoms with Crippen molar-refractivity contribution in [2.75, 3.05) is 29.9 Å². The van der Waals surface area contributed by atoms with Crippen molar-refractivity contribution in [3.63, 3.8) is 0 Å². The normalized spacial score (nSPS) is 18.4. The first-order chi connectivity index (χ1) is 12.0. The molecule has 1 fully saturated rings. The molecule has 7 nitrogen and oxygen atoms in total. The number of hydrogen-bond donors (Lipinski definition) is 2. The van der Waals surface area contributed by atoms with Gasteiger partial charge in [0.25, 0.3) is 5.91 Å². The van der Waals surface area contributed by atoms with E-state index in [0.29, 0.717) is 23.7 Å². The number of anilines is 2. The first-order valence-electron chi connectivity index (χ1n) is 8.61. The molecule has 7 heteroatoms. The van der Waals surface area contributed by atoms with Crippen LogP contribution in [-0.4, -0.2) is 43.5 Å². The average molecular weight is 345 g/mol. The number of amides is 2.